The number of oxime groups is 1. The topological polar surface area (TPSA) is 120 Å². The van der Waals surface area contributed by atoms with Gasteiger partial charge in [-0.05, 0) is 37.2 Å². The van der Waals surface area contributed by atoms with E-state index in [0.29, 0.717) is 50.3 Å². The predicted molar refractivity (Wildman–Crippen MR) is 157 cm³/mol. The molecule has 10 nitrogen and oxygen atoms in total. The minimum absolute atomic E-state index is 0.0251. The summed E-state index contributed by atoms with van der Waals surface area (Å²) in [6, 6.07) is 10.00. The number of likely N-dealkylation sites (N-methyl/N-ethyl adjacent to an activating group) is 1. The molecule has 0 spiro atoms. The number of amidine groups is 1. The molecule has 41 heavy (non-hydrogen) atoms. The summed E-state index contributed by atoms with van der Waals surface area (Å²) in [5.41, 5.74) is 11.8. The lowest BCUT2D eigenvalue weighted by atomic mass is 9.96. The molecule has 3 atom stereocenters. The Balaban J connectivity index is 1.45. The summed E-state index contributed by atoms with van der Waals surface area (Å²) >= 11 is 0. The van der Waals surface area contributed by atoms with Crippen LogP contribution < -0.4 is 21.5 Å². The Labute approximate surface area is 239 Å². The fourth-order valence-electron chi connectivity index (χ4n) is 4.94. The molecule has 2 aromatic rings. The predicted octanol–water partition coefficient (Wildman–Crippen LogP) is 2.75. The Morgan fingerprint density at radius 3 is 2.71 bits per heavy atom. The number of hydrogen-bond donors (Lipinski definition) is 3. The van der Waals surface area contributed by atoms with E-state index in [1.807, 2.05) is 50.1 Å². The molecule has 1 saturated heterocycles. The Morgan fingerprint density at radius 2 is 2.00 bits per heavy atom. The Morgan fingerprint density at radius 1 is 1.27 bits per heavy atom. The van der Waals surface area contributed by atoms with Crippen molar-refractivity contribution in [3.05, 3.63) is 64.7 Å². The zero-order valence-corrected chi connectivity index (χ0v) is 23.9. The summed E-state index contributed by atoms with van der Waals surface area (Å²) in [6.45, 7) is 7.21. The molecule has 4 N–H and O–H groups in total. The first-order valence-corrected chi connectivity index (χ1v) is 13.7. The molecule has 12 heteroatoms. The standard InChI is InChI=1S/C29H38F2N8O2/c1-18-7-5-6-8-21(18)9-10-34-37-35-29(32)26-17-38(4)11-12-39(26)28-23(30)13-22(14-24(28)31)25-15-27(41-36-25)19(2)16-33-20(3)40/h5-8,10,13-14,19,26-27,37H,9,11-12,15-17H2,1-4H3,(H2,32,35)(H,33,40)/b34-10+. The van der Waals surface area contributed by atoms with Crippen LogP contribution in [0.4, 0.5) is 14.5 Å². The second-order valence-electron chi connectivity index (χ2n) is 10.6. The van der Waals surface area contributed by atoms with E-state index in [-0.39, 0.29) is 29.5 Å². The van der Waals surface area contributed by atoms with E-state index < -0.39 is 17.7 Å². The molecule has 3 unspecified atom stereocenters. The number of amides is 1. The van der Waals surface area contributed by atoms with Gasteiger partial charge in [-0.15, -0.1) is 5.10 Å². The summed E-state index contributed by atoms with van der Waals surface area (Å²) in [7, 11) is 1.92. The highest BCUT2D eigenvalue weighted by Crippen LogP contribution is 2.31. The van der Waals surface area contributed by atoms with Crippen molar-refractivity contribution in [1.29, 1.82) is 0 Å². The molecule has 0 bridgehead atoms. The maximum Gasteiger partial charge on any atom is 0.216 e. The zero-order chi connectivity index (χ0) is 29.5. The lowest BCUT2D eigenvalue weighted by Gasteiger charge is -2.41. The van der Waals surface area contributed by atoms with Gasteiger partial charge in [-0.3, -0.25) is 4.79 Å². The van der Waals surface area contributed by atoms with E-state index in [1.165, 1.54) is 24.6 Å². The number of halogens is 2. The Kier molecular flexibility index (Phi) is 9.87. The number of nitrogens with two attached hydrogens (primary N) is 1. The van der Waals surface area contributed by atoms with Crippen molar-refractivity contribution >= 4 is 29.4 Å². The first kappa shape index (κ1) is 29.9. The molecule has 220 valence electrons. The molecule has 0 saturated carbocycles. The largest absolute Gasteiger partial charge is 0.391 e. The van der Waals surface area contributed by atoms with E-state index in [1.54, 1.807) is 11.1 Å². The van der Waals surface area contributed by atoms with Gasteiger partial charge in [-0.25, -0.2) is 8.78 Å². The van der Waals surface area contributed by atoms with Crippen LogP contribution in [0.5, 0.6) is 0 Å². The van der Waals surface area contributed by atoms with Crippen molar-refractivity contribution in [2.75, 3.05) is 38.1 Å². The van der Waals surface area contributed by atoms with Crippen LogP contribution in [0.2, 0.25) is 0 Å². The van der Waals surface area contributed by atoms with Gasteiger partial charge in [0, 0.05) is 63.6 Å². The van der Waals surface area contributed by atoms with Gasteiger partial charge in [-0.2, -0.15) is 10.6 Å². The molecular weight excluding hydrogens is 530 g/mol. The first-order chi connectivity index (χ1) is 19.6. The van der Waals surface area contributed by atoms with Crippen LogP contribution in [0.25, 0.3) is 0 Å². The highest BCUT2D eigenvalue weighted by molar-refractivity contribution is 6.01. The maximum absolute atomic E-state index is 15.5. The van der Waals surface area contributed by atoms with Crippen LogP contribution in [0.15, 0.2) is 51.8 Å². The number of nitrogens with zero attached hydrogens (tertiary/aromatic N) is 5. The van der Waals surface area contributed by atoms with Gasteiger partial charge >= 0.3 is 0 Å². The molecule has 2 aromatic carbocycles. The molecule has 1 fully saturated rings. The molecule has 0 aromatic heterocycles. The molecule has 0 radical (unpaired) electrons. The average molecular weight is 569 g/mol. The van der Waals surface area contributed by atoms with Crippen LogP contribution in [-0.4, -0.2) is 73.9 Å². The summed E-state index contributed by atoms with van der Waals surface area (Å²) in [5.74, 6) is -1.43. The molecule has 0 aliphatic carbocycles. The average Bonchev–Trinajstić information content (AvgIpc) is 3.43. The molecular formula is C29H38F2N8O2. The Bertz CT molecular complexity index is 1310. The van der Waals surface area contributed by atoms with Crippen LogP contribution in [-0.2, 0) is 16.1 Å². The third-order valence-electron chi connectivity index (χ3n) is 7.46. The summed E-state index contributed by atoms with van der Waals surface area (Å²) < 4.78 is 31.1. The van der Waals surface area contributed by atoms with Gasteiger partial charge in [-0.1, -0.05) is 36.3 Å². The van der Waals surface area contributed by atoms with Gasteiger partial charge in [0.2, 0.25) is 5.91 Å². The van der Waals surface area contributed by atoms with Crippen molar-refractivity contribution < 1.29 is 18.4 Å². The third kappa shape index (κ3) is 7.57. The van der Waals surface area contributed by atoms with E-state index in [9.17, 15) is 4.79 Å². The van der Waals surface area contributed by atoms with Gasteiger partial charge in [0.25, 0.3) is 0 Å². The number of nitrogens with one attached hydrogen (secondary N) is 2. The molecule has 2 aliphatic rings. The number of piperazine rings is 1. The Hall–Kier alpha value is -4.06. The second-order valence-corrected chi connectivity index (χ2v) is 10.6. The van der Waals surface area contributed by atoms with Crippen LogP contribution >= 0.6 is 0 Å². The van der Waals surface area contributed by atoms with E-state index in [0.717, 1.165) is 5.56 Å². The number of rotatable bonds is 10. The van der Waals surface area contributed by atoms with Crippen LogP contribution in [0.1, 0.15) is 37.0 Å². The van der Waals surface area contributed by atoms with E-state index >= 15 is 8.78 Å². The number of carbonyl (C=O) groups excluding carboxylic acids is 1. The fourth-order valence-corrected chi connectivity index (χ4v) is 4.94. The first-order valence-electron chi connectivity index (χ1n) is 13.7. The lowest BCUT2D eigenvalue weighted by Crippen LogP contribution is -2.58. The number of benzene rings is 2. The van der Waals surface area contributed by atoms with Gasteiger partial charge in [0.15, 0.2) is 0 Å². The SMILES string of the molecule is CC(=O)NCC(C)C1CC(c2cc(F)c(N3CCN(C)CC3/C(N)=N/N/N=C/Cc3ccccc3C)c(F)c2)=NO1. The van der Waals surface area contributed by atoms with Crippen molar-refractivity contribution in [2.24, 2.45) is 27.0 Å². The number of aryl methyl sites for hydroxylation is 1. The van der Waals surface area contributed by atoms with Crippen molar-refractivity contribution in [3.8, 4) is 0 Å². The summed E-state index contributed by atoms with van der Waals surface area (Å²) in [4.78, 5) is 20.4. The number of carbonyl (C=O) groups is 1. The van der Waals surface area contributed by atoms with Gasteiger partial charge in [0.05, 0.1) is 5.71 Å². The zero-order valence-electron chi connectivity index (χ0n) is 23.9. The van der Waals surface area contributed by atoms with Crippen molar-refractivity contribution in [2.45, 2.75) is 45.8 Å². The van der Waals surface area contributed by atoms with Crippen molar-refractivity contribution in [1.82, 2.24) is 15.8 Å². The van der Waals surface area contributed by atoms with Crippen molar-refractivity contribution in [3.63, 3.8) is 0 Å². The smallest absolute Gasteiger partial charge is 0.216 e. The molecule has 2 heterocycles. The summed E-state index contributed by atoms with van der Waals surface area (Å²) in [6.07, 6.45) is 2.41. The number of anilines is 1. The third-order valence-corrected chi connectivity index (χ3v) is 7.46. The highest BCUT2D eigenvalue weighted by Gasteiger charge is 2.34. The van der Waals surface area contributed by atoms with Crippen LogP contribution in [0, 0.1) is 24.5 Å². The summed E-state index contributed by atoms with van der Waals surface area (Å²) in [5, 5.41) is 15.1. The fraction of sp³-hybridized carbons (Fsp3) is 0.448. The lowest BCUT2D eigenvalue weighted by molar-refractivity contribution is -0.119. The quantitative estimate of drug-likeness (QED) is 0.230. The minimum Gasteiger partial charge on any atom is -0.391 e. The van der Waals surface area contributed by atoms with Crippen LogP contribution in [0.3, 0.4) is 0 Å². The molecule has 1 amide bonds. The van der Waals surface area contributed by atoms with E-state index in [2.05, 4.69) is 26.2 Å². The van der Waals surface area contributed by atoms with E-state index in [4.69, 9.17) is 10.6 Å². The molecule has 2 aliphatic heterocycles. The second kappa shape index (κ2) is 13.5. The monoisotopic (exact) mass is 568 g/mol. The highest BCUT2D eigenvalue weighted by atomic mass is 19.1. The normalized spacial score (nSPS) is 20.6. The number of hydrazone groups is 2. The molecule has 4 rings (SSSR count). The minimum atomic E-state index is -0.719. The number of hydrogen-bond acceptors (Lipinski definition) is 8. The van der Waals surface area contributed by atoms with Gasteiger partial charge < -0.3 is 25.7 Å². The van der Waals surface area contributed by atoms with Gasteiger partial charge in [0.1, 0.15) is 35.3 Å². The maximum atomic E-state index is 15.5.